The first-order chi connectivity index (χ1) is 19.9. The number of ether oxygens (including phenoxy) is 2. The van der Waals surface area contributed by atoms with Crippen LogP contribution in [0.2, 0.25) is 5.02 Å². The fourth-order valence-corrected chi connectivity index (χ4v) is 5.24. The third kappa shape index (κ3) is 6.03. The summed E-state index contributed by atoms with van der Waals surface area (Å²) in [6.45, 7) is 2.32. The Morgan fingerprint density at radius 3 is 2.29 bits per heavy atom. The lowest BCUT2D eigenvalue weighted by molar-refractivity contribution is -0.163. The van der Waals surface area contributed by atoms with Gasteiger partial charge in [-0.3, -0.25) is 19.4 Å². The lowest BCUT2D eigenvalue weighted by Crippen LogP contribution is -2.52. The van der Waals surface area contributed by atoms with E-state index in [9.17, 15) is 38.6 Å². The minimum absolute atomic E-state index is 0.0171. The van der Waals surface area contributed by atoms with Crippen LogP contribution in [0.5, 0.6) is 5.75 Å². The number of nitrogens with zero attached hydrogens (tertiary/aromatic N) is 3. The van der Waals surface area contributed by atoms with Crippen LogP contribution in [0.1, 0.15) is 61.0 Å². The fourth-order valence-electron chi connectivity index (χ4n) is 5.09. The summed E-state index contributed by atoms with van der Waals surface area (Å²) >= 11 is 6.01. The Morgan fingerprint density at radius 2 is 1.76 bits per heavy atom. The van der Waals surface area contributed by atoms with Crippen molar-refractivity contribution in [3.8, 4) is 5.75 Å². The van der Waals surface area contributed by atoms with Crippen LogP contribution in [0, 0.1) is 5.82 Å². The van der Waals surface area contributed by atoms with Crippen molar-refractivity contribution in [2.24, 2.45) is 5.73 Å². The van der Waals surface area contributed by atoms with Gasteiger partial charge in [0.05, 0.1) is 28.8 Å². The number of rotatable bonds is 10. The molecule has 1 unspecified atom stereocenters. The summed E-state index contributed by atoms with van der Waals surface area (Å²) in [6.07, 6.45) is -0.608. The summed E-state index contributed by atoms with van der Waals surface area (Å²) in [7, 11) is 0. The first-order valence-electron chi connectivity index (χ1n) is 13.4. The van der Waals surface area contributed by atoms with E-state index < -0.39 is 59.2 Å². The SMILES string of the molecule is CCOC(=O)N1CCN(C(=O)C(CCC(=O)O)c2nc3cc(Cl)c(F)cc3c(OC3(C(=O)O)CCC3)c2C(N)=O)CC1. The van der Waals surface area contributed by atoms with Crippen LogP contribution < -0.4 is 10.5 Å². The molecule has 1 aliphatic heterocycles. The van der Waals surface area contributed by atoms with E-state index in [1.807, 2.05) is 0 Å². The number of hydrogen-bond donors (Lipinski definition) is 3. The van der Waals surface area contributed by atoms with Crippen molar-refractivity contribution in [3.63, 3.8) is 0 Å². The maximum atomic E-state index is 14.6. The van der Waals surface area contributed by atoms with Gasteiger partial charge in [0.25, 0.3) is 5.91 Å². The normalized spacial score (nSPS) is 16.8. The number of aliphatic carboxylic acids is 2. The number of primary amides is 1. The molecule has 1 atom stereocenters. The zero-order valence-corrected chi connectivity index (χ0v) is 23.5. The van der Waals surface area contributed by atoms with Crippen LogP contribution in [-0.4, -0.2) is 93.2 Å². The molecule has 2 aromatic rings. The first-order valence-corrected chi connectivity index (χ1v) is 13.7. The van der Waals surface area contributed by atoms with Gasteiger partial charge in [-0.05, 0) is 44.7 Å². The van der Waals surface area contributed by atoms with E-state index in [1.54, 1.807) is 6.92 Å². The number of halogens is 2. The van der Waals surface area contributed by atoms with E-state index in [2.05, 4.69) is 4.98 Å². The van der Waals surface area contributed by atoms with Gasteiger partial charge in [-0.1, -0.05) is 11.6 Å². The van der Waals surface area contributed by atoms with Gasteiger partial charge in [0.1, 0.15) is 17.1 Å². The van der Waals surface area contributed by atoms with Gasteiger partial charge in [-0.2, -0.15) is 0 Å². The molecule has 0 spiro atoms. The van der Waals surface area contributed by atoms with Gasteiger partial charge in [0, 0.05) is 38.0 Å². The maximum Gasteiger partial charge on any atom is 0.409 e. The molecule has 2 heterocycles. The highest BCUT2D eigenvalue weighted by Crippen LogP contribution is 2.44. The molecule has 15 heteroatoms. The largest absolute Gasteiger partial charge is 0.481 e. The molecule has 42 heavy (non-hydrogen) atoms. The zero-order valence-electron chi connectivity index (χ0n) is 22.7. The average Bonchev–Trinajstić information content (AvgIpc) is 2.91. The Kier molecular flexibility index (Phi) is 9.04. The number of carbonyl (C=O) groups excluding carboxylic acids is 3. The number of nitrogens with two attached hydrogens (primary N) is 1. The number of amides is 3. The number of hydrogen-bond acceptors (Lipinski definition) is 8. The zero-order chi connectivity index (χ0) is 30.8. The minimum atomic E-state index is -1.73. The lowest BCUT2D eigenvalue weighted by atomic mass is 9.80. The molecular formula is C27H30ClFN4O9. The Hall–Kier alpha value is -4.20. The molecule has 1 saturated carbocycles. The van der Waals surface area contributed by atoms with Crippen molar-refractivity contribution in [3.05, 3.63) is 34.2 Å². The smallest absolute Gasteiger partial charge is 0.409 e. The van der Waals surface area contributed by atoms with E-state index in [4.69, 9.17) is 26.8 Å². The van der Waals surface area contributed by atoms with Crippen molar-refractivity contribution in [1.29, 1.82) is 0 Å². The Balaban J connectivity index is 1.84. The molecule has 1 aliphatic carbocycles. The van der Waals surface area contributed by atoms with Crippen LogP contribution in [0.25, 0.3) is 10.9 Å². The highest BCUT2D eigenvalue weighted by atomic mass is 35.5. The quantitative estimate of drug-likeness (QED) is 0.361. The van der Waals surface area contributed by atoms with Crippen LogP contribution in [0.3, 0.4) is 0 Å². The van der Waals surface area contributed by atoms with Crippen LogP contribution in [-0.2, 0) is 19.1 Å². The van der Waals surface area contributed by atoms with Gasteiger partial charge >= 0.3 is 18.0 Å². The predicted molar refractivity (Wildman–Crippen MR) is 145 cm³/mol. The second kappa shape index (κ2) is 12.3. The van der Waals surface area contributed by atoms with Gasteiger partial charge in [0.2, 0.25) is 11.5 Å². The summed E-state index contributed by atoms with van der Waals surface area (Å²) in [5.74, 6) is -6.86. The lowest BCUT2D eigenvalue weighted by Gasteiger charge is -2.39. The number of fused-ring (bicyclic) bond motifs is 1. The molecule has 1 aromatic heterocycles. The molecule has 1 aromatic carbocycles. The van der Waals surface area contributed by atoms with Gasteiger partial charge in [0.15, 0.2) is 0 Å². The molecular weight excluding hydrogens is 579 g/mol. The van der Waals surface area contributed by atoms with Crippen LogP contribution in [0.4, 0.5) is 9.18 Å². The molecule has 4 rings (SSSR count). The molecule has 226 valence electrons. The third-order valence-electron chi connectivity index (χ3n) is 7.49. The van der Waals surface area contributed by atoms with E-state index in [0.717, 1.165) is 12.1 Å². The van der Waals surface area contributed by atoms with E-state index in [0.29, 0.717) is 6.42 Å². The number of carboxylic acid groups (broad SMARTS) is 2. The second-order valence-corrected chi connectivity index (χ2v) is 10.5. The summed E-state index contributed by atoms with van der Waals surface area (Å²) in [5, 5.41) is 18.9. The second-order valence-electron chi connectivity index (χ2n) is 10.1. The third-order valence-corrected chi connectivity index (χ3v) is 7.78. The molecule has 13 nitrogen and oxygen atoms in total. The van der Waals surface area contributed by atoms with E-state index in [-0.39, 0.29) is 79.4 Å². The summed E-state index contributed by atoms with van der Waals surface area (Å²) in [4.78, 5) is 70.0. The van der Waals surface area contributed by atoms with Crippen molar-refractivity contribution in [1.82, 2.24) is 14.8 Å². The fraction of sp³-hybridized carbons (Fsp3) is 0.481. The van der Waals surface area contributed by atoms with Crippen molar-refractivity contribution in [2.45, 2.75) is 50.5 Å². The number of benzene rings is 1. The summed E-state index contributed by atoms with van der Waals surface area (Å²) in [5.41, 5.74) is 3.32. The Labute approximate surface area is 244 Å². The number of pyridine rings is 1. The average molecular weight is 609 g/mol. The standard InChI is InChI=1S/C27H30ClFN4O9/c1-2-41-26(40)33-10-8-32(9-11-33)24(37)14(4-5-19(34)35)21-20(23(30)36)22(42-27(25(38)39)6-3-7-27)15-12-17(29)16(28)13-18(15)31-21/h12-14H,2-11H2,1H3,(H2,30,36)(H,34,35)(H,38,39). The number of piperazine rings is 1. The van der Waals surface area contributed by atoms with E-state index in [1.165, 1.54) is 9.80 Å². The van der Waals surface area contributed by atoms with Crippen LogP contribution >= 0.6 is 11.6 Å². The molecule has 2 fully saturated rings. The monoisotopic (exact) mass is 608 g/mol. The van der Waals surface area contributed by atoms with Gasteiger partial charge in [-0.15, -0.1) is 0 Å². The Bertz CT molecular complexity index is 1440. The minimum Gasteiger partial charge on any atom is -0.481 e. The number of carbonyl (C=O) groups is 5. The summed E-state index contributed by atoms with van der Waals surface area (Å²) < 4.78 is 25.6. The van der Waals surface area contributed by atoms with Crippen molar-refractivity contribution >= 4 is 52.4 Å². The first kappa shape index (κ1) is 30.8. The number of aromatic nitrogens is 1. The highest BCUT2D eigenvalue weighted by molar-refractivity contribution is 6.31. The molecule has 0 bridgehead atoms. The number of carboxylic acids is 2. The molecule has 0 radical (unpaired) electrons. The molecule has 1 saturated heterocycles. The van der Waals surface area contributed by atoms with Gasteiger partial charge in [-0.25, -0.2) is 14.0 Å². The van der Waals surface area contributed by atoms with E-state index >= 15 is 0 Å². The van der Waals surface area contributed by atoms with Crippen molar-refractivity contribution in [2.75, 3.05) is 32.8 Å². The highest BCUT2D eigenvalue weighted by Gasteiger charge is 2.48. The van der Waals surface area contributed by atoms with Gasteiger partial charge < -0.3 is 35.2 Å². The molecule has 2 aliphatic rings. The molecule has 3 amide bonds. The Morgan fingerprint density at radius 1 is 1.12 bits per heavy atom. The van der Waals surface area contributed by atoms with Crippen LogP contribution in [0.15, 0.2) is 12.1 Å². The summed E-state index contributed by atoms with van der Waals surface area (Å²) in [6, 6.07) is 2.07. The molecule has 4 N–H and O–H groups in total. The maximum absolute atomic E-state index is 14.6. The topological polar surface area (TPSA) is 190 Å². The predicted octanol–water partition coefficient (Wildman–Crippen LogP) is 2.76. The van der Waals surface area contributed by atoms with Crippen molar-refractivity contribution < 1.29 is 48.0 Å².